The number of hydrogen-bond donors (Lipinski definition) is 1. The first kappa shape index (κ1) is 14.9. The molecule has 2 unspecified atom stereocenters. The Morgan fingerprint density at radius 3 is 2.47 bits per heavy atom. The van der Waals surface area contributed by atoms with Crippen LogP contribution < -0.4 is 0 Å². The minimum absolute atomic E-state index is 0.346. The van der Waals surface area contributed by atoms with Crippen molar-refractivity contribution in [2.24, 2.45) is 0 Å². The minimum atomic E-state index is -0.414. The molecule has 3 nitrogen and oxygen atoms in total. The lowest BCUT2D eigenvalue weighted by atomic mass is 10.0. The van der Waals surface area contributed by atoms with Crippen LogP contribution in [0, 0.1) is 0 Å². The van der Waals surface area contributed by atoms with E-state index in [0.717, 1.165) is 58.2 Å². The Bertz CT molecular complexity index is 196. The summed E-state index contributed by atoms with van der Waals surface area (Å²) in [7, 11) is 0. The molecule has 1 rings (SSSR count). The molecule has 1 saturated carbocycles. The molecular weight excluding hydrogens is 216 g/mol. The van der Waals surface area contributed by atoms with E-state index in [1.165, 1.54) is 0 Å². The molecule has 0 radical (unpaired) electrons. The smallest absolute Gasteiger partial charge is 0.117 e. The van der Waals surface area contributed by atoms with Crippen LogP contribution in [0.5, 0.6) is 0 Å². The molecule has 0 aromatic rings. The van der Waals surface area contributed by atoms with Gasteiger partial charge in [0.15, 0.2) is 0 Å². The molecule has 0 aromatic heterocycles. The molecule has 3 heteroatoms. The fourth-order valence-corrected chi connectivity index (χ4v) is 2.31. The van der Waals surface area contributed by atoms with Gasteiger partial charge in [0, 0.05) is 13.2 Å². The van der Waals surface area contributed by atoms with Gasteiger partial charge in [0.2, 0.25) is 0 Å². The van der Waals surface area contributed by atoms with E-state index in [1.807, 2.05) is 0 Å². The van der Waals surface area contributed by atoms with Gasteiger partial charge in [0.25, 0.3) is 0 Å². The topological polar surface area (TPSA) is 38.7 Å². The minimum Gasteiger partial charge on any atom is -0.390 e. The lowest BCUT2D eigenvalue weighted by Gasteiger charge is -2.32. The molecule has 1 N–H and O–H groups in total. The predicted octanol–water partition coefficient (Wildman–Crippen LogP) is 2.90. The number of unbranched alkanes of at least 4 members (excludes halogenated alkanes) is 2. The summed E-state index contributed by atoms with van der Waals surface area (Å²) >= 11 is 0. The van der Waals surface area contributed by atoms with Crippen molar-refractivity contribution in [2.75, 3.05) is 19.8 Å². The number of hydrogen-bond acceptors (Lipinski definition) is 3. The molecule has 2 atom stereocenters. The summed E-state index contributed by atoms with van der Waals surface area (Å²) in [6.07, 6.45) is 6.90. The molecule has 102 valence electrons. The fourth-order valence-electron chi connectivity index (χ4n) is 2.31. The molecule has 0 saturated heterocycles. The molecule has 1 aliphatic carbocycles. The van der Waals surface area contributed by atoms with Crippen LogP contribution in [0.15, 0.2) is 0 Å². The van der Waals surface area contributed by atoms with Crippen molar-refractivity contribution in [1.82, 2.24) is 0 Å². The second-order valence-corrected chi connectivity index (χ2v) is 5.08. The van der Waals surface area contributed by atoms with Crippen LogP contribution in [0.3, 0.4) is 0 Å². The first-order valence-electron chi connectivity index (χ1n) is 7.15. The van der Waals surface area contributed by atoms with Crippen LogP contribution in [0.1, 0.15) is 58.8 Å². The van der Waals surface area contributed by atoms with Crippen molar-refractivity contribution in [3.63, 3.8) is 0 Å². The Morgan fingerprint density at radius 1 is 1.18 bits per heavy atom. The van der Waals surface area contributed by atoms with E-state index in [4.69, 9.17) is 9.47 Å². The van der Waals surface area contributed by atoms with Gasteiger partial charge in [-0.15, -0.1) is 0 Å². The lowest BCUT2D eigenvalue weighted by molar-refractivity contribution is -0.145. The highest BCUT2D eigenvalue weighted by molar-refractivity contribution is 4.94. The summed E-state index contributed by atoms with van der Waals surface area (Å²) in [4.78, 5) is 0. The van der Waals surface area contributed by atoms with Gasteiger partial charge >= 0.3 is 0 Å². The number of aliphatic hydroxyl groups excluding tert-OH is 1. The summed E-state index contributed by atoms with van der Waals surface area (Å²) in [5, 5.41) is 10.1. The van der Waals surface area contributed by atoms with Crippen LogP contribution in [0.25, 0.3) is 0 Å². The highest BCUT2D eigenvalue weighted by Crippen LogP contribution is 2.34. The van der Waals surface area contributed by atoms with Gasteiger partial charge < -0.3 is 14.6 Å². The Hall–Kier alpha value is -0.120. The van der Waals surface area contributed by atoms with Crippen LogP contribution in [0.2, 0.25) is 0 Å². The van der Waals surface area contributed by atoms with E-state index in [-0.39, 0.29) is 6.10 Å². The molecular formula is C14H28O3. The number of aliphatic hydroxyl groups is 1. The van der Waals surface area contributed by atoms with Crippen LogP contribution in [0.4, 0.5) is 0 Å². The second-order valence-electron chi connectivity index (χ2n) is 5.08. The van der Waals surface area contributed by atoms with E-state index in [9.17, 15) is 5.11 Å². The maximum Gasteiger partial charge on any atom is 0.117 e. The van der Waals surface area contributed by atoms with E-state index < -0.39 is 5.60 Å². The van der Waals surface area contributed by atoms with E-state index >= 15 is 0 Å². The quantitative estimate of drug-likeness (QED) is 0.634. The zero-order valence-electron chi connectivity index (χ0n) is 11.4. The van der Waals surface area contributed by atoms with Crippen LogP contribution in [-0.2, 0) is 9.47 Å². The molecule has 0 bridgehead atoms. The standard InChI is InChI=1S/C14H28O3/c1-3-5-10-16-12-14(17-11-6-4-2)9-7-8-13(14)15/h13,15H,3-12H2,1-2H3. The van der Waals surface area contributed by atoms with E-state index in [0.29, 0.717) is 6.61 Å². The highest BCUT2D eigenvalue weighted by Gasteiger charge is 2.43. The Kier molecular flexibility index (Phi) is 7.09. The second kappa shape index (κ2) is 8.06. The first-order chi connectivity index (χ1) is 8.25. The van der Waals surface area contributed by atoms with Gasteiger partial charge in [-0.05, 0) is 32.1 Å². The molecule has 0 spiro atoms. The summed E-state index contributed by atoms with van der Waals surface area (Å²) in [6, 6.07) is 0. The molecule has 17 heavy (non-hydrogen) atoms. The maximum absolute atomic E-state index is 10.1. The Labute approximate surface area is 105 Å². The zero-order chi connectivity index (χ0) is 12.6. The Balaban J connectivity index is 2.36. The monoisotopic (exact) mass is 244 g/mol. The van der Waals surface area contributed by atoms with Crippen molar-refractivity contribution in [1.29, 1.82) is 0 Å². The van der Waals surface area contributed by atoms with E-state index in [1.54, 1.807) is 0 Å². The summed E-state index contributed by atoms with van der Waals surface area (Å²) < 4.78 is 11.6. The molecule has 0 amide bonds. The highest BCUT2D eigenvalue weighted by atomic mass is 16.6. The summed E-state index contributed by atoms with van der Waals surface area (Å²) in [5.41, 5.74) is -0.414. The fraction of sp³-hybridized carbons (Fsp3) is 1.00. The molecule has 0 aromatic carbocycles. The normalized spacial score (nSPS) is 28.8. The lowest BCUT2D eigenvalue weighted by Crippen LogP contribution is -2.45. The first-order valence-corrected chi connectivity index (χ1v) is 7.15. The van der Waals surface area contributed by atoms with Crippen LogP contribution in [-0.4, -0.2) is 36.6 Å². The molecule has 0 aliphatic heterocycles. The van der Waals surface area contributed by atoms with Gasteiger partial charge in [-0.2, -0.15) is 0 Å². The SMILES string of the molecule is CCCCOCC1(OCCCC)CCCC1O. The van der Waals surface area contributed by atoms with Gasteiger partial charge in [-0.1, -0.05) is 26.7 Å². The zero-order valence-corrected chi connectivity index (χ0v) is 11.4. The third-order valence-electron chi connectivity index (χ3n) is 3.56. The third-order valence-corrected chi connectivity index (χ3v) is 3.56. The third kappa shape index (κ3) is 4.57. The molecule has 0 heterocycles. The largest absolute Gasteiger partial charge is 0.390 e. The molecule has 1 aliphatic rings. The van der Waals surface area contributed by atoms with Gasteiger partial charge in [-0.25, -0.2) is 0 Å². The molecule has 1 fully saturated rings. The van der Waals surface area contributed by atoms with Crippen molar-refractivity contribution in [3.8, 4) is 0 Å². The average Bonchev–Trinajstić information content (AvgIpc) is 2.68. The number of rotatable bonds is 9. The van der Waals surface area contributed by atoms with E-state index in [2.05, 4.69) is 13.8 Å². The summed E-state index contributed by atoms with van der Waals surface area (Å²) in [6.45, 7) is 6.38. The van der Waals surface area contributed by atoms with Crippen molar-refractivity contribution < 1.29 is 14.6 Å². The van der Waals surface area contributed by atoms with Crippen molar-refractivity contribution in [2.45, 2.75) is 70.5 Å². The van der Waals surface area contributed by atoms with Crippen molar-refractivity contribution >= 4 is 0 Å². The average molecular weight is 244 g/mol. The number of ether oxygens (including phenoxy) is 2. The maximum atomic E-state index is 10.1. The van der Waals surface area contributed by atoms with Gasteiger partial charge in [-0.3, -0.25) is 0 Å². The van der Waals surface area contributed by atoms with Gasteiger partial charge in [0.1, 0.15) is 5.60 Å². The van der Waals surface area contributed by atoms with Crippen molar-refractivity contribution in [3.05, 3.63) is 0 Å². The Morgan fingerprint density at radius 2 is 1.88 bits per heavy atom. The van der Waals surface area contributed by atoms with Crippen LogP contribution >= 0.6 is 0 Å². The van der Waals surface area contributed by atoms with Gasteiger partial charge in [0.05, 0.1) is 12.7 Å². The summed E-state index contributed by atoms with van der Waals surface area (Å²) in [5.74, 6) is 0. The predicted molar refractivity (Wildman–Crippen MR) is 69.2 cm³/mol.